The molecule has 0 atom stereocenters. The summed E-state index contributed by atoms with van der Waals surface area (Å²) in [4.78, 5) is 11.4. The molecular weight excluding hydrogens is 302 g/mol. The minimum atomic E-state index is -0.745. The van der Waals surface area contributed by atoms with E-state index in [0.29, 0.717) is 0 Å². The van der Waals surface area contributed by atoms with Gasteiger partial charge in [-0.2, -0.15) is 0 Å². The number of benzene rings is 2. The highest BCUT2D eigenvalue weighted by Crippen LogP contribution is 2.15. The van der Waals surface area contributed by atoms with E-state index in [1.807, 2.05) is 30.3 Å². The van der Waals surface area contributed by atoms with Crippen LogP contribution in [0.4, 0.5) is 19.3 Å². The lowest BCUT2D eigenvalue weighted by atomic mass is 10.2. The van der Waals surface area contributed by atoms with Crippen LogP contribution in [-0.4, -0.2) is 12.6 Å². The van der Waals surface area contributed by atoms with Crippen molar-refractivity contribution in [3.63, 3.8) is 0 Å². The van der Waals surface area contributed by atoms with Crippen LogP contribution < -0.4 is 11.1 Å². The number of hydrogen-bond acceptors (Lipinski definition) is 3. The first-order chi connectivity index (χ1) is 11.1. The normalized spacial score (nSPS) is 9.65. The minimum absolute atomic E-state index is 0.0565. The van der Waals surface area contributed by atoms with E-state index in [-0.39, 0.29) is 24.4 Å². The molecule has 0 aliphatic heterocycles. The van der Waals surface area contributed by atoms with Crippen LogP contribution in [-0.2, 0) is 11.3 Å². The van der Waals surface area contributed by atoms with Gasteiger partial charge in [-0.3, -0.25) is 0 Å². The highest BCUT2D eigenvalue weighted by Gasteiger charge is 2.05. The highest BCUT2D eigenvalue weighted by molar-refractivity contribution is 5.67. The second-order valence-corrected chi connectivity index (χ2v) is 4.57. The molecule has 3 N–H and O–H groups in total. The average Bonchev–Trinajstić information content (AvgIpc) is 2.55. The zero-order valence-electron chi connectivity index (χ0n) is 12.1. The van der Waals surface area contributed by atoms with E-state index >= 15 is 0 Å². The van der Waals surface area contributed by atoms with Gasteiger partial charge in [0.2, 0.25) is 0 Å². The van der Waals surface area contributed by atoms with Gasteiger partial charge in [-0.1, -0.05) is 42.2 Å². The number of anilines is 1. The van der Waals surface area contributed by atoms with Gasteiger partial charge in [-0.15, -0.1) is 0 Å². The fourth-order valence-corrected chi connectivity index (χ4v) is 1.69. The van der Waals surface area contributed by atoms with Gasteiger partial charge in [0.05, 0.1) is 17.8 Å². The first-order valence-electron chi connectivity index (χ1n) is 6.74. The Morgan fingerprint density at radius 3 is 2.65 bits per heavy atom. The van der Waals surface area contributed by atoms with E-state index in [0.717, 1.165) is 17.7 Å². The number of alkyl carbamates (subject to hydrolysis) is 1. The fourth-order valence-electron chi connectivity index (χ4n) is 1.69. The minimum Gasteiger partial charge on any atom is -0.445 e. The van der Waals surface area contributed by atoms with Crippen LogP contribution in [0.25, 0.3) is 0 Å². The van der Waals surface area contributed by atoms with Gasteiger partial charge in [-0.25, -0.2) is 13.6 Å². The molecule has 0 aliphatic carbocycles. The summed E-state index contributed by atoms with van der Waals surface area (Å²) in [6.07, 6.45) is -0.646. The molecule has 1 amide bonds. The van der Waals surface area contributed by atoms with Gasteiger partial charge in [0, 0.05) is 6.07 Å². The van der Waals surface area contributed by atoms with Crippen LogP contribution in [0.1, 0.15) is 11.1 Å². The molecule has 23 heavy (non-hydrogen) atoms. The zero-order chi connectivity index (χ0) is 16.7. The monoisotopic (exact) mass is 316 g/mol. The molecule has 0 saturated carbocycles. The molecule has 0 fully saturated rings. The summed E-state index contributed by atoms with van der Waals surface area (Å²) >= 11 is 0. The highest BCUT2D eigenvalue weighted by atomic mass is 19.1. The van der Waals surface area contributed by atoms with Crippen LogP contribution in [0, 0.1) is 23.5 Å². The Morgan fingerprint density at radius 2 is 1.91 bits per heavy atom. The average molecular weight is 316 g/mol. The van der Waals surface area contributed by atoms with Crippen molar-refractivity contribution in [3.05, 3.63) is 65.2 Å². The van der Waals surface area contributed by atoms with Crippen molar-refractivity contribution in [2.24, 2.45) is 0 Å². The number of carbonyl (C=O) groups is 1. The molecule has 118 valence electrons. The van der Waals surface area contributed by atoms with Gasteiger partial charge in [0.25, 0.3) is 0 Å². The van der Waals surface area contributed by atoms with Gasteiger partial charge in [0.1, 0.15) is 18.2 Å². The third-order valence-electron chi connectivity index (χ3n) is 2.84. The Kier molecular flexibility index (Phi) is 5.53. The largest absolute Gasteiger partial charge is 0.445 e. The van der Waals surface area contributed by atoms with Crippen molar-refractivity contribution in [1.82, 2.24) is 5.32 Å². The van der Waals surface area contributed by atoms with Crippen LogP contribution >= 0.6 is 0 Å². The quantitative estimate of drug-likeness (QED) is 0.676. The predicted octanol–water partition coefficient (Wildman–Crippen LogP) is 2.82. The van der Waals surface area contributed by atoms with E-state index in [9.17, 15) is 13.6 Å². The lowest BCUT2D eigenvalue weighted by Gasteiger charge is -2.04. The third-order valence-corrected chi connectivity index (χ3v) is 2.84. The molecule has 2 aromatic rings. The summed E-state index contributed by atoms with van der Waals surface area (Å²) < 4.78 is 31.6. The van der Waals surface area contributed by atoms with E-state index in [4.69, 9.17) is 10.5 Å². The second-order valence-electron chi connectivity index (χ2n) is 4.57. The van der Waals surface area contributed by atoms with Crippen LogP contribution in [0.5, 0.6) is 0 Å². The van der Waals surface area contributed by atoms with Gasteiger partial charge >= 0.3 is 6.09 Å². The van der Waals surface area contributed by atoms with Crippen molar-refractivity contribution in [1.29, 1.82) is 0 Å². The molecule has 0 aromatic heterocycles. The van der Waals surface area contributed by atoms with Crippen LogP contribution in [0.2, 0.25) is 0 Å². The maximum atomic E-state index is 13.5. The molecule has 0 aliphatic rings. The number of carbonyl (C=O) groups excluding carboxylic acids is 1. The molecule has 0 spiro atoms. The molecule has 0 radical (unpaired) electrons. The maximum Gasteiger partial charge on any atom is 0.408 e. The first kappa shape index (κ1) is 16.3. The maximum absolute atomic E-state index is 13.5. The number of ether oxygens (including phenoxy) is 1. The molecule has 0 saturated heterocycles. The van der Waals surface area contributed by atoms with Crippen molar-refractivity contribution in [3.8, 4) is 11.8 Å². The Bertz CT molecular complexity index is 752. The summed E-state index contributed by atoms with van der Waals surface area (Å²) in [6, 6.07) is 11.0. The summed E-state index contributed by atoms with van der Waals surface area (Å²) in [5.74, 6) is 3.46. The molecule has 0 heterocycles. The first-order valence-corrected chi connectivity index (χ1v) is 6.74. The number of rotatable bonds is 3. The lowest BCUT2D eigenvalue weighted by Crippen LogP contribution is -2.24. The number of nitrogens with two attached hydrogens (primary N) is 1. The van der Waals surface area contributed by atoms with Crippen LogP contribution in [0.15, 0.2) is 42.5 Å². The van der Waals surface area contributed by atoms with Crippen molar-refractivity contribution in [2.45, 2.75) is 6.61 Å². The second kappa shape index (κ2) is 7.80. The SMILES string of the molecule is Nc1cc(F)c(C#CCNC(=O)OCc2ccccc2)cc1F. The zero-order valence-corrected chi connectivity index (χ0v) is 12.1. The molecular formula is C17H14F2N2O2. The summed E-state index contributed by atoms with van der Waals surface area (Å²) in [5.41, 5.74) is 5.67. The number of nitrogens with one attached hydrogen (secondary N) is 1. The standard InChI is InChI=1S/C17H14F2N2O2/c18-14-10-16(20)15(19)9-13(14)7-4-8-21-17(22)23-11-12-5-2-1-3-6-12/h1-3,5-6,9-10H,8,11,20H2,(H,21,22). The van der Waals surface area contributed by atoms with Gasteiger partial charge in [0.15, 0.2) is 0 Å². The smallest absolute Gasteiger partial charge is 0.408 e. The molecule has 0 bridgehead atoms. The number of nitrogen functional groups attached to an aromatic ring is 1. The summed E-state index contributed by atoms with van der Waals surface area (Å²) in [7, 11) is 0. The Hall–Kier alpha value is -3.07. The van der Waals surface area contributed by atoms with E-state index < -0.39 is 17.7 Å². The van der Waals surface area contributed by atoms with Crippen molar-refractivity contribution < 1.29 is 18.3 Å². The number of halogens is 2. The van der Waals surface area contributed by atoms with Gasteiger partial charge in [-0.05, 0) is 11.6 Å². The summed E-state index contributed by atoms with van der Waals surface area (Å²) in [6.45, 7) is 0.0803. The number of amides is 1. The molecule has 2 aromatic carbocycles. The third kappa shape index (κ3) is 5.00. The van der Waals surface area contributed by atoms with E-state index in [1.165, 1.54) is 0 Å². The Morgan fingerprint density at radius 1 is 1.17 bits per heavy atom. The van der Waals surface area contributed by atoms with E-state index in [1.54, 1.807) is 0 Å². The van der Waals surface area contributed by atoms with E-state index in [2.05, 4.69) is 17.2 Å². The fraction of sp³-hybridized carbons (Fsp3) is 0.118. The summed E-state index contributed by atoms with van der Waals surface area (Å²) in [5, 5.41) is 2.39. The molecule has 4 nitrogen and oxygen atoms in total. The van der Waals surface area contributed by atoms with Gasteiger partial charge < -0.3 is 15.8 Å². The Labute approximate surface area is 132 Å². The van der Waals surface area contributed by atoms with Crippen molar-refractivity contribution in [2.75, 3.05) is 12.3 Å². The molecule has 6 heteroatoms. The molecule has 0 unspecified atom stereocenters. The molecule has 2 rings (SSSR count). The Balaban J connectivity index is 1.81. The van der Waals surface area contributed by atoms with Crippen molar-refractivity contribution >= 4 is 11.8 Å². The van der Waals surface area contributed by atoms with Crippen LogP contribution in [0.3, 0.4) is 0 Å². The topological polar surface area (TPSA) is 64.3 Å². The predicted molar refractivity (Wildman–Crippen MR) is 82.3 cm³/mol. The lowest BCUT2D eigenvalue weighted by molar-refractivity contribution is 0.141. The number of hydrogen-bond donors (Lipinski definition) is 2.